The van der Waals surface area contributed by atoms with Gasteiger partial charge < -0.3 is 4.74 Å². The lowest BCUT2D eigenvalue weighted by molar-refractivity contribution is 0.0526. The SMILES string of the molecule is CCOC(=O)c1cc(Cl)c(Cl)c(-n2cnnc2)c1. The van der Waals surface area contributed by atoms with Crippen LogP contribution in [0.3, 0.4) is 0 Å². The van der Waals surface area contributed by atoms with Crippen molar-refractivity contribution in [3.8, 4) is 5.69 Å². The molecule has 0 aliphatic heterocycles. The molecule has 1 heterocycles. The predicted octanol–water partition coefficient (Wildman–Crippen LogP) is 2.75. The number of nitrogens with zero attached hydrogens (tertiary/aromatic N) is 3. The Balaban J connectivity index is 2.50. The molecule has 2 aromatic rings. The molecular formula is C11H9Cl2N3O2. The molecule has 18 heavy (non-hydrogen) atoms. The molecule has 0 radical (unpaired) electrons. The standard InChI is InChI=1S/C11H9Cl2N3O2/c1-2-18-11(17)7-3-8(12)10(13)9(4-7)16-5-14-15-6-16/h3-6H,2H2,1H3. The van der Waals surface area contributed by atoms with Gasteiger partial charge in [-0.15, -0.1) is 10.2 Å². The zero-order chi connectivity index (χ0) is 13.1. The average molecular weight is 286 g/mol. The summed E-state index contributed by atoms with van der Waals surface area (Å²) in [7, 11) is 0. The van der Waals surface area contributed by atoms with Crippen LogP contribution in [0.4, 0.5) is 0 Å². The van der Waals surface area contributed by atoms with Crippen molar-refractivity contribution in [3.05, 3.63) is 40.4 Å². The normalized spacial score (nSPS) is 10.4. The van der Waals surface area contributed by atoms with Gasteiger partial charge in [-0.3, -0.25) is 4.57 Å². The van der Waals surface area contributed by atoms with Crippen LogP contribution in [0.1, 0.15) is 17.3 Å². The van der Waals surface area contributed by atoms with Crippen LogP contribution in [0.15, 0.2) is 24.8 Å². The summed E-state index contributed by atoms with van der Waals surface area (Å²) in [5.74, 6) is -0.453. The molecule has 94 valence electrons. The van der Waals surface area contributed by atoms with Gasteiger partial charge in [0.25, 0.3) is 0 Å². The van der Waals surface area contributed by atoms with Crippen LogP contribution in [-0.4, -0.2) is 27.3 Å². The number of hydrogen-bond acceptors (Lipinski definition) is 4. The van der Waals surface area contributed by atoms with E-state index in [2.05, 4.69) is 10.2 Å². The van der Waals surface area contributed by atoms with Crippen molar-refractivity contribution in [2.75, 3.05) is 6.61 Å². The highest BCUT2D eigenvalue weighted by atomic mass is 35.5. The van der Waals surface area contributed by atoms with Gasteiger partial charge >= 0.3 is 5.97 Å². The van der Waals surface area contributed by atoms with Crippen LogP contribution < -0.4 is 0 Å². The highest BCUT2D eigenvalue weighted by Crippen LogP contribution is 2.30. The Morgan fingerprint density at radius 3 is 2.61 bits per heavy atom. The van der Waals surface area contributed by atoms with E-state index in [1.807, 2.05) is 0 Å². The second-order valence-electron chi connectivity index (χ2n) is 3.38. The van der Waals surface area contributed by atoms with Gasteiger partial charge in [0.2, 0.25) is 0 Å². The van der Waals surface area contributed by atoms with E-state index in [0.717, 1.165) is 0 Å². The highest BCUT2D eigenvalue weighted by Gasteiger charge is 2.14. The van der Waals surface area contributed by atoms with Crippen molar-refractivity contribution >= 4 is 29.2 Å². The summed E-state index contributed by atoms with van der Waals surface area (Å²) in [5.41, 5.74) is 0.854. The number of carbonyl (C=O) groups excluding carboxylic acids is 1. The molecule has 0 spiro atoms. The van der Waals surface area contributed by atoms with E-state index >= 15 is 0 Å². The number of carbonyl (C=O) groups is 1. The van der Waals surface area contributed by atoms with Crippen LogP contribution >= 0.6 is 23.2 Å². The molecule has 5 nitrogen and oxygen atoms in total. The van der Waals surface area contributed by atoms with Crippen molar-refractivity contribution in [2.24, 2.45) is 0 Å². The maximum Gasteiger partial charge on any atom is 0.338 e. The Labute approximate surface area is 113 Å². The molecule has 0 unspecified atom stereocenters. The van der Waals surface area contributed by atoms with Crippen molar-refractivity contribution in [1.82, 2.24) is 14.8 Å². The molecule has 0 saturated carbocycles. The lowest BCUT2D eigenvalue weighted by Crippen LogP contribution is -2.06. The Hall–Kier alpha value is -1.59. The first-order chi connectivity index (χ1) is 8.63. The Kier molecular flexibility index (Phi) is 3.84. The number of rotatable bonds is 3. The van der Waals surface area contributed by atoms with Gasteiger partial charge in [-0.25, -0.2) is 4.79 Å². The molecule has 0 amide bonds. The summed E-state index contributed by atoms with van der Waals surface area (Å²) in [5, 5.41) is 7.94. The fourth-order valence-electron chi connectivity index (χ4n) is 1.42. The molecule has 0 N–H and O–H groups in total. The summed E-state index contributed by atoms with van der Waals surface area (Å²) in [6, 6.07) is 3.05. The van der Waals surface area contributed by atoms with E-state index in [1.54, 1.807) is 17.6 Å². The van der Waals surface area contributed by atoms with E-state index in [4.69, 9.17) is 27.9 Å². The maximum absolute atomic E-state index is 11.7. The van der Waals surface area contributed by atoms with Crippen molar-refractivity contribution in [3.63, 3.8) is 0 Å². The fourth-order valence-corrected chi connectivity index (χ4v) is 1.84. The first-order valence-electron chi connectivity index (χ1n) is 5.14. The van der Waals surface area contributed by atoms with Gasteiger partial charge in [-0.1, -0.05) is 23.2 Å². The van der Waals surface area contributed by atoms with Crippen molar-refractivity contribution in [2.45, 2.75) is 6.92 Å². The molecule has 0 aliphatic carbocycles. The summed E-state index contributed by atoms with van der Waals surface area (Å²) in [6.45, 7) is 2.02. The molecule has 7 heteroatoms. The number of aromatic nitrogens is 3. The van der Waals surface area contributed by atoms with E-state index < -0.39 is 5.97 Å². The summed E-state index contributed by atoms with van der Waals surface area (Å²) in [4.78, 5) is 11.7. The molecule has 0 atom stereocenters. The minimum atomic E-state index is -0.453. The van der Waals surface area contributed by atoms with E-state index in [-0.39, 0.29) is 5.02 Å². The first-order valence-corrected chi connectivity index (χ1v) is 5.90. The van der Waals surface area contributed by atoms with Gasteiger partial charge in [0.15, 0.2) is 0 Å². The highest BCUT2D eigenvalue weighted by molar-refractivity contribution is 6.43. The van der Waals surface area contributed by atoms with Gasteiger partial charge in [-0.05, 0) is 19.1 Å². The number of ether oxygens (including phenoxy) is 1. The molecule has 0 bridgehead atoms. The van der Waals surface area contributed by atoms with Crippen LogP contribution in [0.25, 0.3) is 5.69 Å². The second kappa shape index (κ2) is 5.37. The summed E-state index contributed by atoms with van der Waals surface area (Å²) >= 11 is 12.1. The third-order valence-electron chi connectivity index (χ3n) is 2.22. The Bertz CT molecular complexity index is 570. The Morgan fingerprint density at radius 2 is 2.00 bits per heavy atom. The van der Waals surface area contributed by atoms with Crippen molar-refractivity contribution < 1.29 is 9.53 Å². The van der Waals surface area contributed by atoms with E-state index in [9.17, 15) is 4.79 Å². The minimum absolute atomic E-state index is 0.269. The number of halogens is 2. The second-order valence-corrected chi connectivity index (χ2v) is 4.17. The van der Waals surface area contributed by atoms with Gasteiger partial charge in [0.1, 0.15) is 12.7 Å². The van der Waals surface area contributed by atoms with Crippen LogP contribution in [-0.2, 0) is 4.74 Å². The van der Waals surface area contributed by atoms with E-state index in [0.29, 0.717) is 22.9 Å². The first kappa shape index (κ1) is 12.9. The fraction of sp³-hybridized carbons (Fsp3) is 0.182. The monoisotopic (exact) mass is 285 g/mol. The van der Waals surface area contributed by atoms with Gasteiger partial charge in [0.05, 0.1) is 27.9 Å². The minimum Gasteiger partial charge on any atom is -0.462 e. The quantitative estimate of drug-likeness (QED) is 0.814. The molecule has 1 aromatic heterocycles. The lowest BCUT2D eigenvalue weighted by Gasteiger charge is -2.09. The third kappa shape index (κ3) is 2.47. The molecule has 0 aliphatic rings. The predicted molar refractivity (Wildman–Crippen MR) is 67.3 cm³/mol. The van der Waals surface area contributed by atoms with E-state index in [1.165, 1.54) is 18.7 Å². The smallest absolute Gasteiger partial charge is 0.338 e. The largest absolute Gasteiger partial charge is 0.462 e. The molecule has 1 aromatic carbocycles. The topological polar surface area (TPSA) is 57.0 Å². The Morgan fingerprint density at radius 1 is 1.33 bits per heavy atom. The number of hydrogen-bond donors (Lipinski definition) is 0. The van der Waals surface area contributed by atoms with Crippen LogP contribution in [0, 0.1) is 0 Å². The van der Waals surface area contributed by atoms with Crippen LogP contribution in [0.2, 0.25) is 10.0 Å². The molecule has 0 fully saturated rings. The third-order valence-corrected chi connectivity index (χ3v) is 3.01. The average Bonchev–Trinajstić information content (AvgIpc) is 2.86. The summed E-state index contributed by atoms with van der Waals surface area (Å²) < 4.78 is 6.48. The van der Waals surface area contributed by atoms with Crippen LogP contribution in [0.5, 0.6) is 0 Å². The summed E-state index contributed by atoms with van der Waals surface area (Å²) in [6.07, 6.45) is 2.93. The number of benzene rings is 1. The molecule has 2 rings (SSSR count). The molecular weight excluding hydrogens is 277 g/mol. The van der Waals surface area contributed by atoms with Gasteiger partial charge in [0, 0.05) is 0 Å². The number of esters is 1. The zero-order valence-electron chi connectivity index (χ0n) is 9.43. The maximum atomic E-state index is 11.7. The van der Waals surface area contributed by atoms with Crippen molar-refractivity contribution in [1.29, 1.82) is 0 Å². The van der Waals surface area contributed by atoms with Gasteiger partial charge in [-0.2, -0.15) is 0 Å². The zero-order valence-corrected chi connectivity index (χ0v) is 10.9. The lowest BCUT2D eigenvalue weighted by atomic mass is 10.2. The molecule has 0 saturated heterocycles.